The second-order valence-corrected chi connectivity index (χ2v) is 3.20. The monoisotopic (exact) mass is 203 g/mol. The summed E-state index contributed by atoms with van der Waals surface area (Å²) in [5.41, 5.74) is 0. The van der Waals surface area contributed by atoms with Gasteiger partial charge in [0.15, 0.2) is 6.29 Å². The van der Waals surface area contributed by atoms with Crippen LogP contribution in [0.2, 0.25) is 0 Å². The molecule has 1 aliphatic rings. The van der Waals surface area contributed by atoms with Crippen LogP contribution in [0.5, 0.6) is 0 Å². The summed E-state index contributed by atoms with van der Waals surface area (Å²) in [7, 11) is 0. The lowest BCUT2D eigenvalue weighted by atomic mass is 10.3. The van der Waals surface area contributed by atoms with Crippen molar-refractivity contribution in [2.24, 2.45) is 0 Å². The van der Waals surface area contributed by atoms with E-state index in [2.05, 4.69) is 4.90 Å². The van der Waals surface area contributed by atoms with Gasteiger partial charge in [-0.2, -0.15) is 0 Å². The van der Waals surface area contributed by atoms with Gasteiger partial charge in [0.25, 0.3) is 0 Å². The summed E-state index contributed by atoms with van der Waals surface area (Å²) in [6, 6.07) is 0. The molecular formula is C9H17NO4. The van der Waals surface area contributed by atoms with Gasteiger partial charge in [-0.1, -0.05) is 0 Å². The van der Waals surface area contributed by atoms with Crippen molar-refractivity contribution in [3.05, 3.63) is 0 Å². The molecule has 1 atom stereocenters. The molecule has 5 heteroatoms. The number of hydrogen-bond donors (Lipinski definition) is 1. The van der Waals surface area contributed by atoms with Crippen LogP contribution in [0.3, 0.4) is 0 Å². The summed E-state index contributed by atoms with van der Waals surface area (Å²) in [4.78, 5) is 12.4. The van der Waals surface area contributed by atoms with Gasteiger partial charge in [-0.3, -0.25) is 9.69 Å². The summed E-state index contributed by atoms with van der Waals surface area (Å²) < 4.78 is 10.7. The normalized spacial score (nSPS) is 23.6. The Kier molecular flexibility index (Phi) is 4.86. The van der Waals surface area contributed by atoms with Crippen molar-refractivity contribution >= 4 is 5.97 Å². The van der Waals surface area contributed by atoms with Gasteiger partial charge in [0, 0.05) is 26.2 Å². The molecule has 0 aromatic carbocycles. The molecule has 1 heterocycles. The van der Waals surface area contributed by atoms with Crippen molar-refractivity contribution in [2.45, 2.75) is 19.6 Å². The first-order valence-corrected chi connectivity index (χ1v) is 4.89. The lowest BCUT2D eigenvalue weighted by molar-refractivity contribution is -0.177. The van der Waals surface area contributed by atoms with Crippen molar-refractivity contribution in [1.82, 2.24) is 4.90 Å². The lowest BCUT2D eigenvalue weighted by Crippen LogP contribution is -2.44. The number of carboxylic acid groups (broad SMARTS) is 1. The van der Waals surface area contributed by atoms with E-state index in [9.17, 15) is 4.79 Å². The fourth-order valence-electron chi connectivity index (χ4n) is 1.41. The van der Waals surface area contributed by atoms with E-state index < -0.39 is 5.97 Å². The minimum atomic E-state index is -0.760. The highest BCUT2D eigenvalue weighted by atomic mass is 16.7. The first-order valence-electron chi connectivity index (χ1n) is 4.89. The summed E-state index contributed by atoms with van der Waals surface area (Å²) >= 11 is 0. The number of aliphatic carboxylic acids is 1. The molecule has 1 fully saturated rings. The zero-order valence-corrected chi connectivity index (χ0v) is 8.44. The SMILES string of the molecule is CCO[C@H]1CN(CCC(=O)O)CCO1. The first kappa shape index (κ1) is 11.4. The Morgan fingerprint density at radius 3 is 3.14 bits per heavy atom. The Morgan fingerprint density at radius 2 is 2.50 bits per heavy atom. The molecular weight excluding hydrogens is 186 g/mol. The summed E-state index contributed by atoms with van der Waals surface area (Å²) in [6.07, 6.45) is -0.0127. The molecule has 82 valence electrons. The molecule has 1 N–H and O–H groups in total. The molecule has 0 saturated carbocycles. The number of ether oxygens (including phenoxy) is 2. The Balaban J connectivity index is 2.21. The van der Waals surface area contributed by atoms with Crippen LogP contribution in [0.25, 0.3) is 0 Å². The van der Waals surface area contributed by atoms with Gasteiger partial charge in [-0.25, -0.2) is 0 Å². The van der Waals surface area contributed by atoms with E-state index in [0.717, 1.165) is 6.54 Å². The quantitative estimate of drug-likeness (QED) is 0.689. The molecule has 0 aliphatic carbocycles. The van der Waals surface area contributed by atoms with Crippen LogP contribution >= 0.6 is 0 Å². The average Bonchev–Trinajstić information content (AvgIpc) is 2.16. The first-order chi connectivity index (χ1) is 6.72. The predicted molar refractivity (Wildman–Crippen MR) is 50.1 cm³/mol. The van der Waals surface area contributed by atoms with Gasteiger partial charge >= 0.3 is 5.97 Å². The standard InChI is InChI=1S/C9H17NO4/c1-2-13-9-7-10(5-6-14-9)4-3-8(11)12/h9H,2-7H2,1H3,(H,11,12)/t9-/m1/s1. The Morgan fingerprint density at radius 1 is 1.71 bits per heavy atom. The van der Waals surface area contributed by atoms with Gasteiger partial charge in [-0.05, 0) is 6.92 Å². The van der Waals surface area contributed by atoms with E-state index >= 15 is 0 Å². The van der Waals surface area contributed by atoms with E-state index in [-0.39, 0.29) is 12.7 Å². The number of carbonyl (C=O) groups is 1. The third-order valence-electron chi connectivity index (χ3n) is 2.11. The largest absolute Gasteiger partial charge is 0.481 e. The van der Waals surface area contributed by atoms with Crippen molar-refractivity contribution < 1.29 is 19.4 Å². The molecule has 14 heavy (non-hydrogen) atoms. The zero-order chi connectivity index (χ0) is 10.4. The molecule has 0 amide bonds. The van der Waals surface area contributed by atoms with E-state index in [0.29, 0.717) is 26.3 Å². The molecule has 1 aliphatic heterocycles. The molecule has 0 spiro atoms. The highest BCUT2D eigenvalue weighted by Gasteiger charge is 2.20. The van der Waals surface area contributed by atoms with Crippen LogP contribution < -0.4 is 0 Å². The lowest BCUT2D eigenvalue weighted by Gasteiger charge is -2.31. The number of nitrogens with zero attached hydrogens (tertiary/aromatic N) is 1. The molecule has 1 rings (SSSR count). The van der Waals surface area contributed by atoms with Crippen LogP contribution in [-0.4, -0.2) is 55.1 Å². The van der Waals surface area contributed by atoms with Crippen molar-refractivity contribution in [1.29, 1.82) is 0 Å². The van der Waals surface area contributed by atoms with Crippen LogP contribution in [0.15, 0.2) is 0 Å². The second kappa shape index (κ2) is 5.95. The Bertz CT molecular complexity index is 184. The van der Waals surface area contributed by atoms with Gasteiger partial charge in [0.1, 0.15) is 0 Å². The predicted octanol–water partition coefficient (Wildman–Crippen LogP) is 0.156. The Labute approximate surface area is 83.6 Å². The third kappa shape index (κ3) is 4.04. The number of carboxylic acids is 1. The van der Waals surface area contributed by atoms with E-state index in [4.69, 9.17) is 14.6 Å². The van der Waals surface area contributed by atoms with Gasteiger partial charge in [0.05, 0.1) is 13.0 Å². The average molecular weight is 203 g/mol. The highest BCUT2D eigenvalue weighted by molar-refractivity contribution is 5.66. The van der Waals surface area contributed by atoms with Crippen molar-refractivity contribution in [3.63, 3.8) is 0 Å². The second-order valence-electron chi connectivity index (χ2n) is 3.20. The number of morpholine rings is 1. The highest BCUT2D eigenvalue weighted by Crippen LogP contribution is 2.06. The van der Waals surface area contributed by atoms with Crippen LogP contribution in [0.4, 0.5) is 0 Å². The van der Waals surface area contributed by atoms with E-state index in [1.54, 1.807) is 0 Å². The molecule has 0 aromatic rings. The maximum Gasteiger partial charge on any atom is 0.304 e. The van der Waals surface area contributed by atoms with Gasteiger partial charge in [0.2, 0.25) is 0 Å². The molecule has 0 aromatic heterocycles. The summed E-state index contributed by atoms with van der Waals surface area (Å²) in [5, 5.41) is 8.52. The van der Waals surface area contributed by atoms with Crippen LogP contribution in [0.1, 0.15) is 13.3 Å². The molecule has 0 bridgehead atoms. The number of hydrogen-bond acceptors (Lipinski definition) is 4. The molecule has 5 nitrogen and oxygen atoms in total. The molecule has 0 radical (unpaired) electrons. The van der Waals surface area contributed by atoms with E-state index in [1.807, 2.05) is 6.92 Å². The van der Waals surface area contributed by atoms with Crippen LogP contribution in [-0.2, 0) is 14.3 Å². The fourth-order valence-corrected chi connectivity index (χ4v) is 1.41. The maximum atomic E-state index is 10.4. The third-order valence-corrected chi connectivity index (χ3v) is 2.11. The summed E-state index contributed by atoms with van der Waals surface area (Å²) in [5.74, 6) is -0.760. The minimum absolute atomic E-state index is 0.179. The molecule has 1 saturated heterocycles. The zero-order valence-electron chi connectivity index (χ0n) is 8.44. The minimum Gasteiger partial charge on any atom is -0.481 e. The fraction of sp³-hybridized carbons (Fsp3) is 0.889. The topological polar surface area (TPSA) is 59.0 Å². The maximum absolute atomic E-state index is 10.4. The van der Waals surface area contributed by atoms with Gasteiger partial charge in [-0.15, -0.1) is 0 Å². The smallest absolute Gasteiger partial charge is 0.304 e. The van der Waals surface area contributed by atoms with Gasteiger partial charge < -0.3 is 14.6 Å². The summed E-state index contributed by atoms with van der Waals surface area (Å²) in [6.45, 7) is 5.18. The van der Waals surface area contributed by atoms with Crippen molar-refractivity contribution in [2.75, 3.05) is 32.8 Å². The number of rotatable bonds is 5. The Hall–Kier alpha value is -0.650. The van der Waals surface area contributed by atoms with Crippen molar-refractivity contribution in [3.8, 4) is 0 Å². The molecule has 0 unspecified atom stereocenters. The van der Waals surface area contributed by atoms with Crippen LogP contribution in [0, 0.1) is 0 Å². The van der Waals surface area contributed by atoms with E-state index in [1.165, 1.54) is 0 Å².